The van der Waals surface area contributed by atoms with Crippen LogP contribution in [0.3, 0.4) is 0 Å². The molecule has 2 N–H and O–H groups in total. The van der Waals surface area contributed by atoms with Gasteiger partial charge in [0.25, 0.3) is 5.91 Å². The van der Waals surface area contributed by atoms with Gasteiger partial charge < -0.3 is 15.4 Å². The maximum atomic E-state index is 12.5. The number of halogens is 1. The minimum atomic E-state index is -0.206. The Balaban J connectivity index is 0.00000280. The quantitative estimate of drug-likeness (QED) is 0.736. The molecular formula is C20H30ClN5O2. The van der Waals surface area contributed by atoms with Crippen LogP contribution in [0.25, 0.3) is 0 Å². The maximum absolute atomic E-state index is 12.5. The number of amides is 1. The lowest BCUT2D eigenvalue weighted by Gasteiger charge is -2.22. The van der Waals surface area contributed by atoms with Gasteiger partial charge in [0.2, 0.25) is 0 Å². The molecule has 2 aromatic rings. The highest BCUT2D eigenvalue weighted by molar-refractivity contribution is 5.92. The van der Waals surface area contributed by atoms with Crippen LogP contribution in [0.1, 0.15) is 61.7 Å². The van der Waals surface area contributed by atoms with Crippen molar-refractivity contribution >= 4 is 18.3 Å². The molecule has 1 aromatic heterocycles. The van der Waals surface area contributed by atoms with Crippen molar-refractivity contribution in [2.75, 3.05) is 19.7 Å². The summed E-state index contributed by atoms with van der Waals surface area (Å²) in [5, 5.41) is 14.5. The standard InChI is InChI=1S/C20H29N5O2.ClH/c1-14(2)13-27-18-6-4-16(5-7-18)15(3)22-20(26)19-12-25(24-23-19)17-8-10-21-11-9-17;/h4-7,12,14-15,17,21H,8-11,13H2,1-3H3,(H,22,26);1H. The zero-order valence-corrected chi connectivity index (χ0v) is 17.5. The summed E-state index contributed by atoms with van der Waals surface area (Å²) in [7, 11) is 0. The first-order chi connectivity index (χ1) is 13.0. The van der Waals surface area contributed by atoms with Crippen molar-refractivity contribution in [2.45, 2.75) is 45.7 Å². The van der Waals surface area contributed by atoms with Crippen LogP contribution in [0, 0.1) is 5.92 Å². The van der Waals surface area contributed by atoms with E-state index in [0.717, 1.165) is 37.2 Å². The largest absolute Gasteiger partial charge is 0.493 e. The summed E-state index contributed by atoms with van der Waals surface area (Å²) in [4.78, 5) is 12.5. The minimum absolute atomic E-state index is 0. The predicted molar refractivity (Wildman–Crippen MR) is 111 cm³/mol. The van der Waals surface area contributed by atoms with Crippen LogP contribution in [0.15, 0.2) is 30.5 Å². The number of hydrogen-bond donors (Lipinski definition) is 2. The van der Waals surface area contributed by atoms with Crippen LogP contribution in [0.2, 0.25) is 0 Å². The first kappa shape index (κ1) is 22.2. The highest BCUT2D eigenvalue weighted by Gasteiger charge is 2.20. The van der Waals surface area contributed by atoms with Gasteiger partial charge in [0, 0.05) is 0 Å². The molecule has 1 fully saturated rings. The van der Waals surface area contributed by atoms with E-state index < -0.39 is 0 Å². The molecule has 154 valence electrons. The minimum Gasteiger partial charge on any atom is -0.493 e. The normalized spacial score (nSPS) is 15.7. The Labute approximate surface area is 172 Å². The molecule has 0 bridgehead atoms. The molecular weight excluding hydrogens is 378 g/mol. The average Bonchev–Trinajstić information content (AvgIpc) is 3.18. The Kier molecular flexibility index (Phi) is 8.26. The molecule has 7 nitrogen and oxygen atoms in total. The summed E-state index contributed by atoms with van der Waals surface area (Å²) in [5.74, 6) is 1.12. The number of rotatable bonds is 7. The van der Waals surface area contributed by atoms with Crippen LogP contribution in [0.4, 0.5) is 0 Å². The molecule has 1 amide bonds. The Hall–Kier alpha value is -2.12. The topological polar surface area (TPSA) is 81.1 Å². The number of benzene rings is 1. The van der Waals surface area contributed by atoms with E-state index in [9.17, 15) is 4.79 Å². The number of carbonyl (C=O) groups is 1. The average molecular weight is 408 g/mol. The zero-order chi connectivity index (χ0) is 19.2. The molecule has 2 heterocycles. The number of piperidine rings is 1. The Morgan fingerprint density at radius 3 is 2.57 bits per heavy atom. The summed E-state index contributed by atoms with van der Waals surface area (Å²) in [5.41, 5.74) is 1.38. The van der Waals surface area contributed by atoms with Gasteiger partial charge in [0.05, 0.1) is 24.9 Å². The summed E-state index contributed by atoms with van der Waals surface area (Å²) in [6.45, 7) is 8.83. The second-order valence-electron chi connectivity index (χ2n) is 7.53. The number of aromatic nitrogens is 3. The third kappa shape index (κ3) is 5.94. The Bertz CT molecular complexity index is 741. The number of hydrogen-bond acceptors (Lipinski definition) is 5. The van der Waals surface area contributed by atoms with Crippen LogP contribution < -0.4 is 15.4 Å². The van der Waals surface area contributed by atoms with Gasteiger partial charge in [-0.1, -0.05) is 31.2 Å². The van der Waals surface area contributed by atoms with Gasteiger partial charge in [-0.25, -0.2) is 4.68 Å². The molecule has 0 saturated carbocycles. The number of nitrogens with zero attached hydrogens (tertiary/aromatic N) is 3. The fraction of sp³-hybridized carbons (Fsp3) is 0.550. The molecule has 1 aromatic carbocycles. The summed E-state index contributed by atoms with van der Waals surface area (Å²) >= 11 is 0. The Morgan fingerprint density at radius 2 is 1.93 bits per heavy atom. The third-order valence-corrected chi connectivity index (χ3v) is 4.74. The number of carbonyl (C=O) groups excluding carboxylic acids is 1. The lowest BCUT2D eigenvalue weighted by molar-refractivity contribution is 0.0934. The van der Waals surface area contributed by atoms with Crippen molar-refractivity contribution in [1.82, 2.24) is 25.6 Å². The highest BCUT2D eigenvalue weighted by atomic mass is 35.5. The summed E-state index contributed by atoms with van der Waals surface area (Å²) < 4.78 is 7.52. The van der Waals surface area contributed by atoms with E-state index in [0.29, 0.717) is 24.3 Å². The van der Waals surface area contributed by atoms with E-state index in [2.05, 4.69) is 34.8 Å². The van der Waals surface area contributed by atoms with Gasteiger partial charge in [-0.2, -0.15) is 0 Å². The molecule has 1 aliphatic rings. The molecule has 28 heavy (non-hydrogen) atoms. The second kappa shape index (κ2) is 10.4. The van der Waals surface area contributed by atoms with E-state index in [4.69, 9.17) is 4.74 Å². The third-order valence-electron chi connectivity index (χ3n) is 4.74. The van der Waals surface area contributed by atoms with Gasteiger partial charge in [-0.15, -0.1) is 17.5 Å². The Morgan fingerprint density at radius 1 is 1.25 bits per heavy atom. The summed E-state index contributed by atoms with van der Waals surface area (Å²) in [6, 6.07) is 8.03. The molecule has 1 atom stereocenters. The van der Waals surface area contributed by atoms with Crippen molar-refractivity contribution < 1.29 is 9.53 Å². The van der Waals surface area contributed by atoms with Crippen molar-refractivity contribution in [3.8, 4) is 5.75 Å². The molecule has 1 unspecified atom stereocenters. The van der Waals surface area contributed by atoms with Gasteiger partial charge in [-0.05, 0) is 56.5 Å². The molecule has 0 aliphatic carbocycles. The van der Waals surface area contributed by atoms with E-state index >= 15 is 0 Å². The number of nitrogens with one attached hydrogen (secondary N) is 2. The smallest absolute Gasteiger partial charge is 0.273 e. The van der Waals surface area contributed by atoms with Crippen LogP contribution >= 0.6 is 12.4 Å². The van der Waals surface area contributed by atoms with Crippen LogP contribution in [-0.4, -0.2) is 40.6 Å². The first-order valence-electron chi connectivity index (χ1n) is 9.69. The maximum Gasteiger partial charge on any atom is 0.273 e. The van der Waals surface area contributed by atoms with Crippen molar-refractivity contribution in [2.24, 2.45) is 5.92 Å². The van der Waals surface area contributed by atoms with Crippen LogP contribution in [-0.2, 0) is 0 Å². The van der Waals surface area contributed by atoms with E-state index in [1.54, 1.807) is 6.20 Å². The molecule has 8 heteroatoms. The van der Waals surface area contributed by atoms with Gasteiger partial charge >= 0.3 is 0 Å². The van der Waals surface area contributed by atoms with Crippen molar-refractivity contribution in [1.29, 1.82) is 0 Å². The molecule has 3 rings (SSSR count). The van der Waals surface area contributed by atoms with Crippen molar-refractivity contribution in [3.05, 3.63) is 41.7 Å². The lowest BCUT2D eigenvalue weighted by atomic mass is 10.1. The van der Waals surface area contributed by atoms with Crippen molar-refractivity contribution in [3.63, 3.8) is 0 Å². The monoisotopic (exact) mass is 407 g/mol. The lowest BCUT2D eigenvalue weighted by Crippen LogP contribution is -2.29. The second-order valence-corrected chi connectivity index (χ2v) is 7.53. The van der Waals surface area contributed by atoms with E-state index in [1.165, 1.54) is 0 Å². The fourth-order valence-corrected chi connectivity index (χ4v) is 3.10. The van der Waals surface area contributed by atoms with E-state index in [1.807, 2.05) is 35.9 Å². The van der Waals surface area contributed by atoms with Gasteiger partial charge in [0.15, 0.2) is 5.69 Å². The first-order valence-corrected chi connectivity index (χ1v) is 9.69. The zero-order valence-electron chi connectivity index (χ0n) is 16.7. The fourth-order valence-electron chi connectivity index (χ4n) is 3.10. The molecule has 1 saturated heterocycles. The van der Waals surface area contributed by atoms with E-state index in [-0.39, 0.29) is 24.4 Å². The molecule has 0 spiro atoms. The molecule has 0 radical (unpaired) electrons. The van der Waals surface area contributed by atoms with Crippen LogP contribution in [0.5, 0.6) is 5.75 Å². The number of ether oxygens (including phenoxy) is 1. The SMILES string of the molecule is CC(C)COc1ccc(C(C)NC(=O)c2cn(C3CCNCC3)nn2)cc1.Cl. The highest BCUT2D eigenvalue weighted by Crippen LogP contribution is 2.19. The van der Waals surface area contributed by atoms with Gasteiger partial charge in [-0.3, -0.25) is 4.79 Å². The summed E-state index contributed by atoms with van der Waals surface area (Å²) in [6.07, 6.45) is 3.76. The van der Waals surface area contributed by atoms with Gasteiger partial charge in [0.1, 0.15) is 5.75 Å². The molecule has 1 aliphatic heterocycles. The predicted octanol–water partition coefficient (Wildman–Crippen LogP) is 3.15.